The molecular formula is C11H10ClFN2O4S3. The third kappa shape index (κ3) is 4.03. The molecule has 1 aromatic carbocycles. The Morgan fingerprint density at radius 2 is 1.86 bits per heavy atom. The molecule has 0 atom stereocenters. The van der Waals surface area contributed by atoms with Gasteiger partial charge in [-0.05, 0) is 30.3 Å². The number of hydrogen-bond donors (Lipinski definition) is 2. The maximum atomic E-state index is 12.9. The molecule has 0 amide bonds. The first kappa shape index (κ1) is 17.3. The molecule has 0 bridgehead atoms. The zero-order valence-electron chi connectivity index (χ0n) is 10.8. The number of nitrogens with one attached hydrogen (secondary N) is 1. The van der Waals surface area contributed by atoms with Gasteiger partial charge in [-0.1, -0.05) is 11.6 Å². The van der Waals surface area contributed by atoms with Gasteiger partial charge in [0.25, 0.3) is 0 Å². The lowest BCUT2D eigenvalue weighted by Gasteiger charge is -2.07. The fourth-order valence-electron chi connectivity index (χ4n) is 1.54. The fourth-order valence-corrected chi connectivity index (χ4v) is 4.89. The Morgan fingerprint density at radius 3 is 2.41 bits per heavy atom. The minimum Gasteiger partial charge on any atom is -0.224 e. The summed E-state index contributed by atoms with van der Waals surface area (Å²) in [5, 5.41) is 4.72. The Balaban J connectivity index is 2.18. The van der Waals surface area contributed by atoms with E-state index in [1.807, 2.05) is 0 Å². The highest BCUT2D eigenvalue weighted by atomic mass is 35.5. The maximum Gasteiger partial charge on any atom is 0.247 e. The predicted molar refractivity (Wildman–Crippen MR) is 81.1 cm³/mol. The molecule has 0 radical (unpaired) electrons. The molecule has 0 fully saturated rings. The van der Waals surface area contributed by atoms with E-state index >= 15 is 0 Å². The van der Waals surface area contributed by atoms with E-state index in [9.17, 15) is 21.2 Å². The number of rotatable bonds is 5. The summed E-state index contributed by atoms with van der Waals surface area (Å²) < 4.78 is 61.6. The van der Waals surface area contributed by atoms with Crippen LogP contribution in [0.15, 0.2) is 39.4 Å². The average Bonchev–Trinajstić information content (AvgIpc) is 2.84. The van der Waals surface area contributed by atoms with E-state index < -0.39 is 25.9 Å². The number of nitrogens with two attached hydrogens (primary N) is 1. The van der Waals surface area contributed by atoms with Crippen LogP contribution in [0.2, 0.25) is 5.02 Å². The Kier molecular flexibility index (Phi) is 4.90. The number of primary sulfonamides is 1. The molecule has 0 aliphatic heterocycles. The van der Waals surface area contributed by atoms with Gasteiger partial charge in [0.05, 0.1) is 5.02 Å². The van der Waals surface area contributed by atoms with Crippen LogP contribution in [0, 0.1) is 5.82 Å². The number of halogens is 2. The molecule has 1 aromatic heterocycles. The Morgan fingerprint density at radius 1 is 1.18 bits per heavy atom. The van der Waals surface area contributed by atoms with Crippen molar-refractivity contribution in [1.29, 1.82) is 0 Å². The molecule has 0 aliphatic carbocycles. The molecule has 2 aromatic rings. The first-order chi connectivity index (χ1) is 10.1. The average molecular weight is 385 g/mol. The molecular weight excluding hydrogens is 375 g/mol. The molecule has 22 heavy (non-hydrogen) atoms. The van der Waals surface area contributed by atoms with Crippen molar-refractivity contribution in [2.24, 2.45) is 5.14 Å². The highest BCUT2D eigenvalue weighted by Crippen LogP contribution is 2.24. The summed E-state index contributed by atoms with van der Waals surface area (Å²) in [7, 11) is -7.78. The van der Waals surface area contributed by atoms with Gasteiger partial charge in [0, 0.05) is 11.4 Å². The SMILES string of the molecule is NS(=O)(=O)c1ccc(CNS(=O)(=O)c2ccc(F)cc2Cl)s1. The Bertz CT molecular complexity index is 909. The lowest BCUT2D eigenvalue weighted by Crippen LogP contribution is -2.23. The van der Waals surface area contributed by atoms with Crippen LogP contribution in [0.1, 0.15) is 4.88 Å². The number of sulfonamides is 2. The van der Waals surface area contributed by atoms with Crippen LogP contribution in [-0.4, -0.2) is 16.8 Å². The van der Waals surface area contributed by atoms with Gasteiger partial charge in [-0.2, -0.15) is 0 Å². The minimum absolute atomic E-state index is 0.0680. The molecule has 0 spiro atoms. The van der Waals surface area contributed by atoms with Gasteiger partial charge in [0.2, 0.25) is 20.0 Å². The summed E-state index contributed by atoms with van der Waals surface area (Å²) in [4.78, 5) is 0.185. The third-order valence-corrected chi connectivity index (χ3v) is 6.95. The topological polar surface area (TPSA) is 106 Å². The van der Waals surface area contributed by atoms with Gasteiger partial charge >= 0.3 is 0 Å². The maximum absolute atomic E-state index is 12.9. The van der Waals surface area contributed by atoms with Crippen LogP contribution < -0.4 is 9.86 Å². The fraction of sp³-hybridized carbons (Fsp3) is 0.0909. The standard InChI is InChI=1S/C11H10ClFN2O4S3/c12-9-5-7(13)1-3-10(9)22(18,19)15-6-8-2-4-11(20-8)21(14,16)17/h1-5,15H,6H2,(H2,14,16,17). The van der Waals surface area contributed by atoms with Gasteiger partial charge in [-0.15, -0.1) is 11.3 Å². The summed E-state index contributed by atoms with van der Waals surface area (Å²) in [6.45, 7) is -0.143. The van der Waals surface area contributed by atoms with Gasteiger partial charge in [-0.25, -0.2) is 31.1 Å². The molecule has 0 unspecified atom stereocenters. The largest absolute Gasteiger partial charge is 0.247 e. The van der Waals surface area contributed by atoms with Crippen molar-refractivity contribution in [2.45, 2.75) is 15.6 Å². The van der Waals surface area contributed by atoms with Crippen molar-refractivity contribution >= 4 is 43.0 Å². The molecule has 0 aliphatic rings. The molecule has 120 valence electrons. The quantitative estimate of drug-likeness (QED) is 0.817. The van der Waals surface area contributed by atoms with Crippen LogP contribution >= 0.6 is 22.9 Å². The van der Waals surface area contributed by atoms with Crippen molar-refractivity contribution in [1.82, 2.24) is 4.72 Å². The molecule has 1 heterocycles. The first-order valence-electron chi connectivity index (χ1n) is 5.66. The normalized spacial score (nSPS) is 12.5. The molecule has 0 saturated heterocycles. The molecule has 6 nitrogen and oxygen atoms in total. The van der Waals surface area contributed by atoms with Crippen LogP contribution in [0.5, 0.6) is 0 Å². The van der Waals surface area contributed by atoms with Crippen LogP contribution in [0.3, 0.4) is 0 Å². The third-order valence-electron chi connectivity index (χ3n) is 2.54. The second-order valence-corrected chi connectivity index (χ2v) is 9.26. The van der Waals surface area contributed by atoms with Crippen LogP contribution in [0.25, 0.3) is 0 Å². The lowest BCUT2D eigenvalue weighted by molar-refractivity contribution is 0.581. The predicted octanol–water partition coefficient (Wildman–Crippen LogP) is 1.67. The summed E-state index contributed by atoms with van der Waals surface area (Å²) in [5.74, 6) is -0.653. The number of hydrogen-bond acceptors (Lipinski definition) is 5. The van der Waals surface area contributed by atoms with Crippen molar-refractivity contribution < 1.29 is 21.2 Å². The highest BCUT2D eigenvalue weighted by molar-refractivity contribution is 7.91. The molecule has 2 rings (SSSR count). The number of benzene rings is 1. The van der Waals surface area contributed by atoms with Crippen molar-refractivity contribution in [2.75, 3.05) is 0 Å². The van der Waals surface area contributed by atoms with E-state index in [1.165, 1.54) is 12.1 Å². The summed E-state index contributed by atoms with van der Waals surface area (Å²) in [6, 6.07) is 5.64. The summed E-state index contributed by atoms with van der Waals surface area (Å²) in [5.41, 5.74) is 0. The van der Waals surface area contributed by atoms with Crippen molar-refractivity contribution in [3.8, 4) is 0 Å². The summed E-state index contributed by atoms with van der Waals surface area (Å²) >= 11 is 6.56. The second-order valence-electron chi connectivity index (χ2n) is 4.17. The van der Waals surface area contributed by atoms with Crippen molar-refractivity contribution in [3.05, 3.63) is 46.0 Å². The lowest BCUT2D eigenvalue weighted by atomic mass is 10.3. The molecule has 3 N–H and O–H groups in total. The Labute approximate surface area is 135 Å². The van der Waals surface area contributed by atoms with Gasteiger partial charge in [-0.3, -0.25) is 0 Å². The smallest absolute Gasteiger partial charge is 0.224 e. The van der Waals surface area contributed by atoms with Crippen LogP contribution in [0.4, 0.5) is 4.39 Å². The summed E-state index contributed by atoms with van der Waals surface area (Å²) in [6.07, 6.45) is 0. The highest BCUT2D eigenvalue weighted by Gasteiger charge is 2.19. The van der Waals surface area contributed by atoms with E-state index in [2.05, 4.69) is 4.72 Å². The Hall–Kier alpha value is -1.04. The van der Waals surface area contributed by atoms with Gasteiger partial charge < -0.3 is 0 Å². The second kappa shape index (κ2) is 6.22. The van der Waals surface area contributed by atoms with E-state index in [0.717, 1.165) is 29.5 Å². The zero-order valence-corrected chi connectivity index (χ0v) is 14.0. The first-order valence-corrected chi connectivity index (χ1v) is 9.88. The van der Waals surface area contributed by atoms with E-state index in [4.69, 9.17) is 16.7 Å². The monoisotopic (exact) mass is 384 g/mol. The van der Waals surface area contributed by atoms with Gasteiger partial charge in [0.15, 0.2) is 0 Å². The van der Waals surface area contributed by atoms with E-state index in [-0.39, 0.29) is 20.7 Å². The molecule has 11 heteroatoms. The van der Waals surface area contributed by atoms with Crippen molar-refractivity contribution in [3.63, 3.8) is 0 Å². The minimum atomic E-state index is -3.95. The number of thiophene rings is 1. The van der Waals surface area contributed by atoms with E-state index in [0.29, 0.717) is 4.88 Å². The zero-order chi connectivity index (χ0) is 16.5. The molecule has 0 saturated carbocycles. The van der Waals surface area contributed by atoms with Crippen LogP contribution in [-0.2, 0) is 26.6 Å². The van der Waals surface area contributed by atoms with Gasteiger partial charge in [0.1, 0.15) is 14.9 Å². The van der Waals surface area contributed by atoms with E-state index in [1.54, 1.807) is 0 Å².